The first-order chi connectivity index (χ1) is 10.6. The normalized spacial score (nSPS) is 22.0. The van der Waals surface area contributed by atoms with Crippen LogP contribution in [-0.4, -0.2) is 50.0 Å². The number of ether oxygens (including phenoxy) is 1. The maximum atomic E-state index is 13.3. The number of aliphatic carboxylic acids is 1. The van der Waals surface area contributed by atoms with Crippen LogP contribution in [0.1, 0.15) is 23.7 Å². The fourth-order valence-electron chi connectivity index (χ4n) is 2.43. The van der Waals surface area contributed by atoms with Crippen molar-refractivity contribution in [3.63, 3.8) is 0 Å². The monoisotopic (exact) mass is 345 g/mol. The first-order valence-corrected chi connectivity index (χ1v) is 8.17. The van der Waals surface area contributed by atoms with Crippen molar-refractivity contribution in [3.8, 4) is 0 Å². The number of halogens is 1. The zero-order chi connectivity index (χ0) is 17.4. The van der Waals surface area contributed by atoms with Gasteiger partial charge < -0.3 is 9.84 Å². The molecule has 1 aliphatic heterocycles. The molecule has 0 radical (unpaired) electrons. The second kappa shape index (κ2) is 5.89. The van der Waals surface area contributed by atoms with Gasteiger partial charge in [-0.25, -0.2) is 17.6 Å². The number of sulfonamides is 1. The van der Waals surface area contributed by atoms with E-state index >= 15 is 0 Å². The average molecular weight is 345 g/mol. The molecule has 9 heteroatoms. The van der Waals surface area contributed by atoms with Crippen LogP contribution in [0.5, 0.6) is 0 Å². The van der Waals surface area contributed by atoms with Crippen molar-refractivity contribution in [3.05, 3.63) is 29.6 Å². The third-order valence-corrected chi connectivity index (χ3v) is 5.82. The molecule has 1 fully saturated rings. The Morgan fingerprint density at radius 2 is 2.04 bits per heavy atom. The molecule has 0 aliphatic carbocycles. The summed E-state index contributed by atoms with van der Waals surface area (Å²) in [4.78, 5) is 22.6. The number of benzene rings is 1. The van der Waals surface area contributed by atoms with Gasteiger partial charge in [-0.2, -0.15) is 4.31 Å². The third-order valence-electron chi connectivity index (χ3n) is 3.92. The number of hydrogen-bond donors (Lipinski definition) is 1. The van der Waals surface area contributed by atoms with E-state index in [4.69, 9.17) is 0 Å². The number of methoxy groups -OCH3 is 1. The highest BCUT2D eigenvalue weighted by Crippen LogP contribution is 2.34. The topological polar surface area (TPSA) is 101 Å². The fraction of sp³-hybridized carbons (Fsp3) is 0.429. The summed E-state index contributed by atoms with van der Waals surface area (Å²) < 4.78 is 44.2. The van der Waals surface area contributed by atoms with Gasteiger partial charge in [0.05, 0.1) is 23.0 Å². The summed E-state index contributed by atoms with van der Waals surface area (Å²) in [5.41, 5.74) is -1.62. The van der Waals surface area contributed by atoms with Crippen molar-refractivity contribution >= 4 is 22.0 Å². The number of rotatable bonds is 4. The molecule has 0 amide bonds. The highest BCUT2D eigenvalue weighted by Gasteiger charge is 2.45. The van der Waals surface area contributed by atoms with Crippen molar-refractivity contribution in [1.82, 2.24) is 4.31 Å². The van der Waals surface area contributed by atoms with Crippen LogP contribution >= 0.6 is 0 Å². The number of carbonyl (C=O) groups excluding carboxylic acids is 1. The molecule has 23 heavy (non-hydrogen) atoms. The summed E-state index contributed by atoms with van der Waals surface area (Å²) in [6.07, 6.45) is 0.149. The lowest BCUT2D eigenvalue weighted by atomic mass is 9.90. The molecule has 1 saturated heterocycles. The largest absolute Gasteiger partial charge is 0.481 e. The van der Waals surface area contributed by atoms with Crippen LogP contribution in [0.4, 0.5) is 4.39 Å². The van der Waals surface area contributed by atoms with Gasteiger partial charge in [-0.15, -0.1) is 0 Å². The van der Waals surface area contributed by atoms with Gasteiger partial charge in [-0.05, 0) is 31.5 Å². The molecule has 1 atom stereocenters. The maximum Gasteiger partial charge on any atom is 0.339 e. The van der Waals surface area contributed by atoms with Crippen LogP contribution in [0.25, 0.3) is 0 Å². The molecule has 0 spiro atoms. The van der Waals surface area contributed by atoms with E-state index < -0.39 is 43.7 Å². The van der Waals surface area contributed by atoms with Crippen molar-refractivity contribution in [2.75, 3.05) is 20.2 Å². The molecule has 1 aromatic rings. The molecule has 1 unspecified atom stereocenters. The summed E-state index contributed by atoms with van der Waals surface area (Å²) in [6, 6.07) is 2.68. The zero-order valence-corrected chi connectivity index (χ0v) is 13.4. The lowest BCUT2D eigenvalue weighted by molar-refractivity contribution is -0.146. The second-order valence-corrected chi connectivity index (χ2v) is 7.49. The smallest absolute Gasteiger partial charge is 0.339 e. The molecule has 1 aliphatic rings. The SMILES string of the molecule is COC(=O)c1cc(F)ccc1S(=O)(=O)N1CCC(C)(C(=O)O)C1. The molecule has 1 aromatic carbocycles. The van der Waals surface area contributed by atoms with Gasteiger partial charge in [-0.3, -0.25) is 4.79 Å². The first-order valence-electron chi connectivity index (χ1n) is 6.73. The second-order valence-electron chi connectivity index (χ2n) is 5.59. The molecule has 1 heterocycles. The maximum absolute atomic E-state index is 13.3. The Hall–Kier alpha value is -2.00. The van der Waals surface area contributed by atoms with E-state index in [1.165, 1.54) is 6.92 Å². The van der Waals surface area contributed by atoms with Crippen LogP contribution in [0.15, 0.2) is 23.1 Å². The van der Waals surface area contributed by atoms with E-state index in [0.717, 1.165) is 29.6 Å². The summed E-state index contributed by atoms with van der Waals surface area (Å²) >= 11 is 0. The van der Waals surface area contributed by atoms with Gasteiger partial charge in [0.1, 0.15) is 5.82 Å². The zero-order valence-electron chi connectivity index (χ0n) is 12.6. The first kappa shape index (κ1) is 17.4. The Morgan fingerprint density at radius 1 is 1.39 bits per heavy atom. The van der Waals surface area contributed by atoms with Gasteiger partial charge in [0.25, 0.3) is 0 Å². The molecule has 7 nitrogen and oxygen atoms in total. The number of esters is 1. The van der Waals surface area contributed by atoms with Crippen molar-refractivity contribution in [2.45, 2.75) is 18.2 Å². The van der Waals surface area contributed by atoms with Gasteiger partial charge in [0.15, 0.2) is 0 Å². The number of nitrogens with zero attached hydrogens (tertiary/aromatic N) is 1. The molecular weight excluding hydrogens is 329 g/mol. The van der Waals surface area contributed by atoms with E-state index in [1.807, 2.05) is 0 Å². The summed E-state index contributed by atoms with van der Waals surface area (Å²) in [7, 11) is -3.09. The number of carbonyl (C=O) groups is 2. The van der Waals surface area contributed by atoms with Crippen LogP contribution in [0, 0.1) is 11.2 Å². The minimum atomic E-state index is -4.14. The molecule has 126 valence electrons. The third kappa shape index (κ3) is 3.06. The van der Waals surface area contributed by atoms with E-state index in [2.05, 4.69) is 4.74 Å². The van der Waals surface area contributed by atoms with Crippen LogP contribution in [-0.2, 0) is 19.6 Å². The quantitative estimate of drug-likeness (QED) is 0.820. The molecular formula is C14H16FNO6S. The predicted octanol–water partition coefficient (Wildman–Crippen LogP) is 1.10. The standard InChI is InChI=1S/C14H16FNO6S/c1-14(13(18)19)5-6-16(8-14)23(20,21)11-4-3-9(15)7-10(11)12(17)22-2/h3-4,7H,5-6,8H2,1-2H3,(H,18,19). The number of carboxylic acids is 1. The lowest BCUT2D eigenvalue weighted by Crippen LogP contribution is -2.35. The van der Waals surface area contributed by atoms with Crippen molar-refractivity contribution < 1.29 is 32.2 Å². The Bertz CT molecular complexity index is 763. The minimum Gasteiger partial charge on any atom is -0.481 e. The van der Waals surface area contributed by atoms with Gasteiger partial charge in [-0.1, -0.05) is 0 Å². The number of hydrogen-bond acceptors (Lipinski definition) is 5. The average Bonchev–Trinajstić information content (AvgIpc) is 2.91. The Balaban J connectivity index is 2.46. The summed E-state index contributed by atoms with van der Waals surface area (Å²) in [6.45, 7) is 1.24. The van der Waals surface area contributed by atoms with Gasteiger partial charge >= 0.3 is 11.9 Å². The summed E-state index contributed by atoms with van der Waals surface area (Å²) in [5.74, 6) is -2.85. The van der Waals surface area contributed by atoms with Crippen molar-refractivity contribution in [2.24, 2.45) is 5.41 Å². The molecule has 0 aromatic heterocycles. The minimum absolute atomic E-state index is 0.00310. The van der Waals surface area contributed by atoms with Crippen LogP contribution in [0.2, 0.25) is 0 Å². The van der Waals surface area contributed by atoms with Crippen LogP contribution in [0.3, 0.4) is 0 Å². The van der Waals surface area contributed by atoms with E-state index in [-0.39, 0.29) is 19.5 Å². The van der Waals surface area contributed by atoms with E-state index in [1.54, 1.807) is 0 Å². The van der Waals surface area contributed by atoms with Gasteiger partial charge in [0.2, 0.25) is 10.0 Å². The van der Waals surface area contributed by atoms with E-state index in [0.29, 0.717) is 0 Å². The number of carboxylic acid groups (broad SMARTS) is 1. The lowest BCUT2D eigenvalue weighted by Gasteiger charge is -2.21. The van der Waals surface area contributed by atoms with E-state index in [9.17, 15) is 27.5 Å². The van der Waals surface area contributed by atoms with Crippen molar-refractivity contribution in [1.29, 1.82) is 0 Å². The Labute approximate surface area is 132 Å². The highest BCUT2D eigenvalue weighted by molar-refractivity contribution is 7.89. The molecule has 0 bridgehead atoms. The Kier molecular flexibility index (Phi) is 4.45. The fourth-order valence-corrected chi connectivity index (χ4v) is 4.16. The predicted molar refractivity (Wildman–Crippen MR) is 76.9 cm³/mol. The molecule has 0 saturated carbocycles. The molecule has 2 rings (SSSR count). The molecule has 1 N–H and O–H groups in total. The van der Waals surface area contributed by atoms with Crippen LogP contribution < -0.4 is 0 Å². The van der Waals surface area contributed by atoms with Gasteiger partial charge in [0, 0.05) is 13.1 Å². The highest BCUT2D eigenvalue weighted by atomic mass is 32.2. The Morgan fingerprint density at radius 3 is 2.57 bits per heavy atom. The summed E-state index contributed by atoms with van der Waals surface area (Å²) in [5, 5.41) is 9.20.